The molecule has 0 radical (unpaired) electrons. The lowest BCUT2D eigenvalue weighted by Gasteiger charge is -2.31. The minimum atomic E-state index is -1.82. The zero-order chi connectivity index (χ0) is 23.6. The molecule has 2 atom stereocenters. The first kappa shape index (κ1) is 27.4. The van der Waals surface area contributed by atoms with Gasteiger partial charge in [0.15, 0.2) is 0 Å². The van der Waals surface area contributed by atoms with Gasteiger partial charge in [0.1, 0.15) is 0 Å². The van der Waals surface area contributed by atoms with E-state index in [0.29, 0.717) is 22.2 Å². The third kappa shape index (κ3) is 10.5. The maximum absolute atomic E-state index is 12.7. The number of hydrogen-bond acceptors (Lipinski definition) is 5. The predicted octanol–water partition coefficient (Wildman–Crippen LogP) is 2.38. The summed E-state index contributed by atoms with van der Waals surface area (Å²) < 4.78 is 11.5. The maximum Gasteiger partial charge on any atom is 0.414 e. The first-order valence-electron chi connectivity index (χ1n) is 9.69. The van der Waals surface area contributed by atoms with E-state index in [4.69, 9.17) is 43.0 Å². The van der Waals surface area contributed by atoms with Crippen LogP contribution in [-0.2, 0) is 31.6 Å². The standard InChI is InChI=1S/C18H26Cl2N2O2S.C2H2O4/c1-21(18(23)12-14-5-6-16(19)17(20)11-14)15(7-10-25(2)24)13-22-8-3-4-9-22;3-1(4)2(5)6/h5-6,11,15H,3-4,7-10,12-13H2,1-2H3;(H,3,4)(H,5,6)/t15-,25+;/m1./s1. The maximum atomic E-state index is 12.7. The van der Waals surface area contributed by atoms with E-state index in [1.54, 1.807) is 18.4 Å². The van der Waals surface area contributed by atoms with E-state index in [1.165, 1.54) is 12.8 Å². The number of nitrogens with zero attached hydrogens (tertiary/aromatic N) is 2. The van der Waals surface area contributed by atoms with E-state index >= 15 is 0 Å². The Kier molecular flexibility index (Phi) is 12.1. The number of carbonyl (C=O) groups excluding carboxylic acids is 1. The number of halogens is 2. The number of carboxylic acid groups (broad SMARTS) is 2. The van der Waals surface area contributed by atoms with Crippen molar-refractivity contribution < 1.29 is 28.8 Å². The molecule has 0 bridgehead atoms. The van der Waals surface area contributed by atoms with E-state index in [1.807, 2.05) is 18.0 Å². The lowest BCUT2D eigenvalue weighted by molar-refractivity contribution is -0.159. The summed E-state index contributed by atoms with van der Waals surface area (Å²) in [6, 6.07) is 5.37. The molecular weight excluding hydrogens is 467 g/mol. The highest BCUT2D eigenvalue weighted by molar-refractivity contribution is 7.84. The van der Waals surface area contributed by atoms with Gasteiger partial charge in [-0.25, -0.2) is 9.59 Å². The Balaban J connectivity index is 0.000000703. The summed E-state index contributed by atoms with van der Waals surface area (Å²) >= 11 is 12.0. The van der Waals surface area contributed by atoms with Crippen LogP contribution in [0.15, 0.2) is 18.2 Å². The Morgan fingerprint density at radius 2 is 1.71 bits per heavy atom. The Bertz CT molecular complexity index is 790. The van der Waals surface area contributed by atoms with Crippen molar-refractivity contribution in [3.05, 3.63) is 33.8 Å². The number of likely N-dealkylation sites (tertiary alicyclic amines) is 1. The molecule has 8 nitrogen and oxygen atoms in total. The molecule has 2 N–H and O–H groups in total. The number of amides is 1. The van der Waals surface area contributed by atoms with E-state index in [-0.39, 0.29) is 11.9 Å². The van der Waals surface area contributed by atoms with Crippen LogP contribution in [0.3, 0.4) is 0 Å². The van der Waals surface area contributed by atoms with Crippen molar-refractivity contribution in [2.75, 3.05) is 38.7 Å². The second-order valence-electron chi connectivity index (χ2n) is 7.27. The van der Waals surface area contributed by atoms with Crippen LogP contribution in [0.25, 0.3) is 0 Å². The molecule has 174 valence electrons. The minimum Gasteiger partial charge on any atom is -0.473 e. The number of likely N-dealkylation sites (N-methyl/N-ethyl adjacent to an activating group) is 1. The third-order valence-corrected chi connectivity index (χ3v) is 6.42. The van der Waals surface area contributed by atoms with Crippen LogP contribution in [0.5, 0.6) is 0 Å². The van der Waals surface area contributed by atoms with Crippen LogP contribution >= 0.6 is 23.2 Å². The number of hydrogen-bond donors (Lipinski definition) is 2. The van der Waals surface area contributed by atoms with Crippen molar-refractivity contribution in [3.8, 4) is 0 Å². The number of carbonyl (C=O) groups is 3. The van der Waals surface area contributed by atoms with Crippen LogP contribution < -0.4 is 0 Å². The summed E-state index contributed by atoms with van der Waals surface area (Å²) in [6.45, 7) is 3.02. The first-order valence-corrected chi connectivity index (χ1v) is 12.2. The molecule has 2 rings (SSSR count). The number of carboxylic acids is 2. The lowest BCUT2D eigenvalue weighted by atomic mass is 10.1. The molecule has 1 aromatic rings. The summed E-state index contributed by atoms with van der Waals surface area (Å²) in [5, 5.41) is 15.7. The van der Waals surface area contributed by atoms with Gasteiger partial charge in [0, 0.05) is 42.4 Å². The van der Waals surface area contributed by atoms with Crippen molar-refractivity contribution in [3.63, 3.8) is 0 Å². The van der Waals surface area contributed by atoms with Gasteiger partial charge in [-0.05, 0) is 50.0 Å². The SMILES string of the molecule is CN(C(=O)Cc1ccc(Cl)c(Cl)c1)[C@H](CC[S@](C)=O)CN1CCCC1.O=C(O)C(=O)O. The van der Waals surface area contributed by atoms with Crippen molar-refractivity contribution >= 4 is 51.8 Å². The molecule has 1 fully saturated rings. The van der Waals surface area contributed by atoms with Gasteiger partial charge >= 0.3 is 11.9 Å². The van der Waals surface area contributed by atoms with Crippen molar-refractivity contribution in [1.82, 2.24) is 9.80 Å². The number of rotatable bonds is 8. The zero-order valence-corrected chi connectivity index (χ0v) is 19.9. The van der Waals surface area contributed by atoms with Crippen molar-refractivity contribution in [1.29, 1.82) is 0 Å². The van der Waals surface area contributed by atoms with Crippen LogP contribution in [0, 0.1) is 0 Å². The van der Waals surface area contributed by atoms with Crippen LogP contribution in [0.2, 0.25) is 10.0 Å². The molecule has 1 amide bonds. The fraction of sp³-hybridized carbons (Fsp3) is 0.550. The van der Waals surface area contributed by atoms with Gasteiger partial charge in [-0.1, -0.05) is 29.3 Å². The molecular formula is C20H28Cl2N2O6S. The van der Waals surface area contributed by atoms with Gasteiger partial charge in [0.05, 0.1) is 16.5 Å². The molecule has 0 aromatic heterocycles. The van der Waals surface area contributed by atoms with Crippen LogP contribution in [0.4, 0.5) is 0 Å². The highest BCUT2D eigenvalue weighted by atomic mass is 35.5. The van der Waals surface area contributed by atoms with Crippen molar-refractivity contribution in [2.45, 2.75) is 31.7 Å². The summed E-state index contributed by atoms with van der Waals surface area (Å²) in [6.07, 6.45) is 5.19. The van der Waals surface area contributed by atoms with Gasteiger partial charge in [-0.15, -0.1) is 0 Å². The van der Waals surface area contributed by atoms with E-state index in [9.17, 15) is 9.00 Å². The lowest BCUT2D eigenvalue weighted by Crippen LogP contribution is -2.45. The van der Waals surface area contributed by atoms with Crippen molar-refractivity contribution in [2.24, 2.45) is 0 Å². The molecule has 31 heavy (non-hydrogen) atoms. The van der Waals surface area contributed by atoms with Crippen LogP contribution in [-0.4, -0.2) is 86.8 Å². The summed E-state index contributed by atoms with van der Waals surface area (Å²) in [5.41, 5.74) is 0.852. The second kappa shape index (κ2) is 13.7. The second-order valence-corrected chi connectivity index (χ2v) is 9.64. The molecule has 1 saturated heterocycles. The number of aliphatic carboxylic acids is 2. The third-order valence-electron chi connectivity index (χ3n) is 4.87. The average Bonchev–Trinajstić information content (AvgIpc) is 3.20. The van der Waals surface area contributed by atoms with Gasteiger partial charge in [0.2, 0.25) is 5.91 Å². The summed E-state index contributed by atoms with van der Waals surface area (Å²) in [7, 11) is 0.995. The fourth-order valence-electron chi connectivity index (χ4n) is 3.13. The molecule has 1 aliphatic heterocycles. The topological polar surface area (TPSA) is 115 Å². The summed E-state index contributed by atoms with van der Waals surface area (Å²) in [5.74, 6) is -2.99. The van der Waals surface area contributed by atoms with Crippen LogP contribution in [0.1, 0.15) is 24.8 Å². The molecule has 1 aromatic carbocycles. The molecule has 0 spiro atoms. The monoisotopic (exact) mass is 494 g/mol. The summed E-state index contributed by atoms with van der Waals surface area (Å²) in [4.78, 5) is 35.1. The van der Waals surface area contributed by atoms with E-state index < -0.39 is 22.7 Å². The smallest absolute Gasteiger partial charge is 0.414 e. The van der Waals surface area contributed by atoms with E-state index in [0.717, 1.165) is 31.6 Å². The molecule has 0 aliphatic carbocycles. The number of benzene rings is 1. The van der Waals surface area contributed by atoms with E-state index in [2.05, 4.69) is 4.90 Å². The molecule has 0 saturated carbocycles. The zero-order valence-electron chi connectivity index (χ0n) is 17.6. The van der Waals surface area contributed by atoms with Gasteiger partial charge in [-0.3, -0.25) is 9.00 Å². The molecule has 1 aliphatic rings. The Labute approximate surface area is 194 Å². The average molecular weight is 495 g/mol. The van der Waals surface area contributed by atoms with Gasteiger partial charge < -0.3 is 20.0 Å². The first-order chi connectivity index (χ1) is 14.5. The largest absolute Gasteiger partial charge is 0.473 e. The normalized spacial score (nSPS) is 15.5. The molecule has 1 heterocycles. The Hall–Kier alpha value is -1.68. The minimum absolute atomic E-state index is 0.0458. The highest BCUT2D eigenvalue weighted by Crippen LogP contribution is 2.23. The quantitative estimate of drug-likeness (QED) is 0.532. The Morgan fingerprint density at radius 1 is 1.13 bits per heavy atom. The fourth-order valence-corrected chi connectivity index (χ4v) is 4.05. The van der Waals surface area contributed by atoms with Gasteiger partial charge in [-0.2, -0.15) is 0 Å². The van der Waals surface area contributed by atoms with Gasteiger partial charge in [0.25, 0.3) is 0 Å². The molecule has 11 heteroatoms. The Morgan fingerprint density at radius 3 is 2.19 bits per heavy atom. The molecule has 0 unspecified atom stereocenters. The predicted molar refractivity (Wildman–Crippen MR) is 121 cm³/mol. The highest BCUT2D eigenvalue weighted by Gasteiger charge is 2.24.